The van der Waals surface area contributed by atoms with Crippen molar-refractivity contribution in [1.82, 2.24) is 9.88 Å². The van der Waals surface area contributed by atoms with Gasteiger partial charge in [0.15, 0.2) is 0 Å². The molecule has 0 saturated heterocycles. The van der Waals surface area contributed by atoms with Crippen molar-refractivity contribution in [3.63, 3.8) is 0 Å². The standard InChI is InChI=1S/C12H12N2O4/c1-7(4-10(15)16)6-14-11(17)8-2-3-13-5-9(8)12(14)18/h2-3,5,7H,4,6H2,1H3,(H,15,16). The highest BCUT2D eigenvalue weighted by molar-refractivity contribution is 6.21. The molecule has 1 N–H and O–H groups in total. The quantitative estimate of drug-likeness (QED) is 0.796. The number of pyridine rings is 1. The van der Waals surface area contributed by atoms with E-state index in [1.165, 1.54) is 18.5 Å². The SMILES string of the molecule is CC(CC(=O)O)CN1C(=O)c2ccncc2C1=O. The van der Waals surface area contributed by atoms with Gasteiger partial charge in [-0.25, -0.2) is 0 Å². The van der Waals surface area contributed by atoms with Crippen LogP contribution in [0.15, 0.2) is 18.5 Å². The molecule has 0 bridgehead atoms. The van der Waals surface area contributed by atoms with Crippen LogP contribution in [0, 0.1) is 5.92 Å². The number of carbonyl (C=O) groups is 3. The third-order valence-corrected chi connectivity index (χ3v) is 2.79. The number of carbonyl (C=O) groups excluding carboxylic acids is 2. The van der Waals surface area contributed by atoms with Gasteiger partial charge in [-0.05, 0) is 12.0 Å². The second kappa shape index (κ2) is 4.56. The summed E-state index contributed by atoms with van der Waals surface area (Å²) in [6.07, 6.45) is 2.73. The lowest BCUT2D eigenvalue weighted by Crippen LogP contribution is -2.34. The first-order valence-corrected chi connectivity index (χ1v) is 5.52. The van der Waals surface area contributed by atoms with Gasteiger partial charge in [-0.1, -0.05) is 6.92 Å². The van der Waals surface area contributed by atoms with Gasteiger partial charge in [0.25, 0.3) is 11.8 Å². The van der Waals surface area contributed by atoms with Crippen molar-refractivity contribution in [2.24, 2.45) is 5.92 Å². The maximum absolute atomic E-state index is 12.0. The Morgan fingerprint density at radius 3 is 2.67 bits per heavy atom. The van der Waals surface area contributed by atoms with Gasteiger partial charge in [-0.15, -0.1) is 0 Å². The van der Waals surface area contributed by atoms with E-state index in [0.717, 1.165) is 4.90 Å². The van der Waals surface area contributed by atoms with Crippen LogP contribution in [0.3, 0.4) is 0 Å². The third kappa shape index (κ3) is 2.09. The molecule has 1 aliphatic heterocycles. The van der Waals surface area contributed by atoms with Crippen molar-refractivity contribution >= 4 is 17.8 Å². The molecule has 2 amide bonds. The van der Waals surface area contributed by atoms with E-state index >= 15 is 0 Å². The molecule has 1 aliphatic rings. The first kappa shape index (κ1) is 12.2. The van der Waals surface area contributed by atoms with Crippen molar-refractivity contribution in [2.75, 3.05) is 6.54 Å². The lowest BCUT2D eigenvalue weighted by molar-refractivity contribution is -0.138. The van der Waals surface area contributed by atoms with E-state index in [-0.39, 0.29) is 30.4 Å². The van der Waals surface area contributed by atoms with Crippen LogP contribution < -0.4 is 0 Å². The molecule has 94 valence electrons. The zero-order chi connectivity index (χ0) is 13.3. The Balaban J connectivity index is 2.16. The highest BCUT2D eigenvalue weighted by Gasteiger charge is 2.36. The number of nitrogens with zero attached hydrogens (tertiary/aromatic N) is 2. The summed E-state index contributed by atoms with van der Waals surface area (Å²) in [4.78, 5) is 39.4. The van der Waals surface area contributed by atoms with Crippen LogP contribution >= 0.6 is 0 Å². The minimum Gasteiger partial charge on any atom is -0.481 e. The molecule has 0 aromatic carbocycles. The van der Waals surface area contributed by atoms with Crippen molar-refractivity contribution in [3.05, 3.63) is 29.6 Å². The fourth-order valence-electron chi connectivity index (χ4n) is 1.97. The summed E-state index contributed by atoms with van der Waals surface area (Å²) in [5.41, 5.74) is 0.613. The number of amides is 2. The van der Waals surface area contributed by atoms with Crippen LogP contribution in [0.25, 0.3) is 0 Å². The predicted octanol–water partition coefficient (Wildman–Crippen LogP) is 0.788. The maximum atomic E-state index is 12.0. The maximum Gasteiger partial charge on any atom is 0.303 e. The molecule has 6 nitrogen and oxygen atoms in total. The number of carboxylic acid groups (broad SMARTS) is 1. The monoisotopic (exact) mass is 248 g/mol. The largest absolute Gasteiger partial charge is 0.481 e. The van der Waals surface area contributed by atoms with Crippen molar-refractivity contribution in [2.45, 2.75) is 13.3 Å². The lowest BCUT2D eigenvalue weighted by Gasteiger charge is -2.17. The van der Waals surface area contributed by atoms with E-state index in [1.54, 1.807) is 6.92 Å². The molecule has 0 fully saturated rings. The van der Waals surface area contributed by atoms with E-state index in [9.17, 15) is 14.4 Å². The minimum absolute atomic E-state index is 0.0777. The molecular weight excluding hydrogens is 236 g/mol. The van der Waals surface area contributed by atoms with Gasteiger partial charge in [0, 0.05) is 25.4 Å². The average Bonchev–Trinajstić information content (AvgIpc) is 2.54. The van der Waals surface area contributed by atoms with E-state index in [1.807, 2.05) is 0 Å². The van der Waals surface area contributed by atoms with Gasteiger partial charge in [-0.3, -0.25) is 24.3 Å². The number of aromatic nitrogens is 1. The highest BCUT2D eigenvalue weighted by Crippen LogP contribution is 2.22. The van der Waals surface area contributed by atoms with E-state index < -0.39 is 11.9 Å². The Morgan fingerprint density at radius 1 is 1.39 bits per heavy atom. The first-order chi connectivity index (χ1) is 8.50. The number of imide groups is 1. The smallest absolute Gasteiger partial charge is 0.303 e. The molecule has 0 spiro atoms. The fourth-order valence-corrected chi connectivity index (χ4v) is 1.97. The number of fused-ring (bicyclic) bond motifs is 1. The van der Waals surface area contributed by atoms with E-state index in [0.29, 0.717) is 5.56 Å². The summed E-state index contributed by atoms with van der Waals surface area (Å²) < 4.78 is 0. The normalized spacial score (nSPS) is 15.7. The molecule has 1 aromatic rings. The molecule has 0 radical (unpaired) electrons. The van der Waals surface area contributed by atoms with Crippen LogP contribution in [0.5, 0.6) is 0 Å². The molecule has 18 heavy (non-hydrogen) atoms. The zero-order valence-corrected chi connectivity index (χ0v) is 9.79. The molecular formula is C12H12N2O4. The van der Waals surface area contributed by atoms with Crippen molar-refractivity contribution in [3.8, 4) is 0 Å². The number of hydrogen-bond donors (Lipinski definition) is 1. The molecule has 0 aliphatic carbocycles. The molecule has 2 rings (SSSR count). The van der Waals surface area contributed by atoms with Crippen molar-refractivity contribution in [1.29, 1.82) is 0 Å². The van der Waals surface area contributed by atoms with Gasteiger partial charge in [0.05, 0.1) is 11.1 Å². The number of hydrogen-bond acceptors (Lipinski definition) is 4. The molecule has 1 aromatic heterocycles. The van der Waals surface area contributed by atoms with Crippen LogP contribution in [-0.4, -0.2) is 39.3 Å². The predicted molar refractivity (Wildman–Crippen MR) is 61.0 cm³/mol. The number of aliphatic carboxylic acids is 1. The molecule has 6 heteroatoms. The average molecular weight is 248 g/mol. The van der Waals surface area contributed by atoms with E-state index in [4.69, 9.17) is 5.11 Å². The lowest BCUT2D eigenvalue weighted by atomic mass is 10.1. The Kier molecular flexibility index (Phi) is 3.10. The number of rotatable bonds is 4. The Morgan fingerprint density at radius 2 is 2.06 bits per heavy atom. The van der Waals surface area contributed by atoms with Gasteiger partial charge in [0.2, 0.25) is 0 Å². The van der Waals surface area contributed by atoms with Gasteiger partial charge in [0.1, 0.15) is 0 Å². The summed E-state index contributed by atoms with van der Waals surface area (Å²) in [6, 6.07) is 1.50. The fraction of sp³-hybridized carbons (Fsp3) is 0.333. The van der Waals surface area contributed by atoms with Gasteiger partial charge < -0.3 is 5.11 Å². The first-order valence-electron chi connectivity index (χ1n) is 5.52. The van der Waals surface area contributed by atoms with Gasteiger partial charge in [-0.2, -0.15) is 0 Å². The van der Waals surface area contributed by atoms with Crippen LogP contribution in [-0.2, 0) is 4.79 Å². The minimum atomic E-state index is -0.944. The Labute approximate surface area is 103 Å². The summed E-state index contributed by atoms with van der Waals surface area (Å²) in [5, 5.41) is 8.66. The molecule has 1 unspecified atom stereocenters. The van der Waals surface area contributed by atoms with Crippen LogP contribution in [0.2, 0.25) is 0 Å². The van der Waals surface area contributed by atoms with Gasteiger partial charge >= 0.3 is 5.97 Å². The summed E-state index contributed by atoms with van der Waals surface area (Å²) in [7, 11) is 0. The summed E-state index contributed by atoms with van der Waals surface area (Å²) >= 11 is 0. The van der Waals surface area contributed by atoms with Crippen LogP contribution in [0.1, 0.15) is 34.1 Å². The summed E-state index contributed by atoms with van der Waals surface area (Å²) in [6.45, 7) is 1.80. The van der Waals surface area contributed by atoms with E-state index in [2.05, 4.69) is 4.98 Å². The molecule has 1 atom stereocenters. The zero-order valence-electron chi connectivity index (χ0n) is 9.79. The summed E-state index contributed by atoms with van der Waals surface area (Å²) in [5.74, 6) is -2.01. The topological polar surface area (TPSA) is 87.6 Å². The molecule has 2 heterocycles. The Hall–Kier alpha value is -2.24. The highest BCUT2D eigenvalue weighted by atomic mass is 16.4. The van der Waals surface area contributed by atoms with Crippen molar-refractivity contribution < 1.29 is 19.5 Å². The molecule has 0 saturated carbocycles. The number of carboxylic acids is 1. The van der Waals surface area contributed by atoms with Crippen LogP contribution in [0.4, 0.5) is 0 Å². The second-order valence-electron chi connectivity index (χ2n) is 4.35. The Bertz CT molecular complexity index is 492. The third-order valence-electron chi connectivity index (χ3n) is 2.79. The second-order valence-corrected chi connectivity index (χ2v) is 4.35.